The summed E-state index contributed by atoms with van der Waals surface area (Å²) in [6, 6.07) is 11.3. The molecule has 0 saturated carbocycles. The van der Waals surface area contributed by atoms with E-state index in [0.717, 1.165) is 11.1 Å². The quantitative estimate of drug-likeness (QED) is 0.804. The smallest absolute Gasteiger partial charge is 0.129 e. The number of anilines is 1. The van der Waals surface area contributed by atoms with Gasteiger partial charge in [0.15, 0.2) is 0 Å². The first-order chi connectivity index (χ1) is 7.68. The molecule has 0 aliphatic heterocycles. The monoisotopic (exact) mass is 214 g/mol. The van der Waals surface area contributed by atoms with Crippen LogP contribution >= 0.6 is 0 Å². The predicted molar refractivity (Wildman–Crippen MR) is 63.9 cm³/mol. The minimum absolute atomic E-state index is 0.377. The van der Waals surface area contributed by atoms with Gasteiger partial charge in [0.05, 0.1) is 0 Å². The minimum atomic E-state index is -0.714. The first kappa shape index (κ1) is 10.6. The molecule has 82 valence electrons. The molecule has 1 aromatic carbocycles. The summed E-state index contributed by atoms with van der Waals surface area (Å²) in [5, 5.41) is 10.2. The van der Waals surface area contributed by atoms with Crippen LogP contribution in [-0.4, -0.2) is 10.1 Å². The lowest BCUT2D eigenvalue weighted by Crippen LogP contribution is -2.05. The predicted octanol–water partition coefficient (Wildman–Crippen LogP) is 2.05. The molecule has 0 saturated heterocycles. The van der Waals surface area contributed by atoms with Crippen molar-refractivity contribution in [3.8, 4) is 0 Å². The van der Waals surface area contributed by atoms with Gasteiger partial charge in [0.1, 0.15) is 11.9 Å². The molecule has 3 N–H and O–H groups in total. The number of hydrogen-bond donors (Lipinski definition) is 2. The molecule has 3 nitrogen and oxygen atoms in total. The highest BCUT2D eigenvalue weighted by Crippen LogP contribution is 2.25. The summed E-state index contributed by atoms with van der Waals surface area (Å²) in [5.41, 5.74) is 8.22. The molecule has 1 aromatic heterocycles. The van der Waals surface area contributed by atoms with Gasteiger partial charge in [-0.25, -0.2) is 4.98 Å². The van der Waals surface area contributed by atoms with Crippen LogP contribution in [0, 0.1) is 6.92 Å². The zero-order valence-electron chi connectivity index (χ0n) is 9.09. The van der Waals surface area contributed by atoms with Gasteiger partial charge < -0.3 is 10.8 Å². The Hall–Kier alpha value is -1.87. The van der Waals surface area contributed by atoms with Crippen molar-refractivity contribution in [1.29, 1.82) is 0 Å². The summed E-state index contributed by atoms with van der Waals surface area (Å²) in [6.07, 6.45) is 0.977. The fourth-order valence-corrected chi connectivity index (χ4v) is 1.64. The maximum atomic E-state index is 10.2. The Morgan fingerprint density at radius 1 is 1.25 bits per heavy atom. The summed E-state index contributed by atoms with van der Waals surface area (Å²) in [5.74, 6) is 0.377. The highest BCUT2D eigenvalue weighted by atomic mass is 16.3. The number of nitrogen functional groups attached to an aromatic ring is 1. The number of aliphatic hydroxyl groups excluding tert-OH is 1. The Morgan fingerprint density at radius 3 is 2.62 bits per heavy atom. The molecular weight excluding hydrogens is 200 g/mol. The fourth-order valence-electron chi connectivity index (χ4n) is 1.64. The van der Waals surface area contributed by atoms with E-state index in [1.54, 1.807) is 6.20 Å². The lowest BCUT2D eigenvalue weighted by molar-refractivity contribution is 0.220. The SMILES string of the molecule is Cc1cnc(N)c(C(O)c2ccccc2)c1. The van der Waals surface area contributed by atoms with Crippen molar-refractivity contribution in [3.05, 3.63) is 59.3 Å². The van der Waals surface area contributed by atoms with Crippen LogP contribution in [0.4, 0.5) is 5.82 Å². The molecule has 16 heavy (non-hydrogen) atoms. The molecule has 0 spiro atoms. The van der Waals surface area contributed by atoms with E-state index < -0.39 is 6.10 Å². The Labute approximate surface area is 94.6 Å². The third kappa shape index (κ3) is 2.04. The number of nitrogens with zero attached hydrogens (tertiary/aromatic N) is 1. The molecule has 2 rings (SSSR count). The molecule has 0 radical (unpaired) electrons. The Kier molecular flexibility index (Phi) is 2.88. The minimum Gasteiger partial charge on any atom is -0.384 e. The molecular formula is C13H14N2O. The Bertz CT molecular complexity index is 483. The number of nitrogens with two attached hydrogens (primary N) is 1. The summed E-state index contributed by atoms with van der Waals surface area (Å²) in [4.78, 5) is 4.04. The van der Waals surface area contributed by atoms with Crippen LogP contribution in [0.5, 0.6) is 0 Å². The Morgan fingerprint density at radius 2 is 1.94 bits per heavy atom. The van der Waals surface area contributed by atoms with Crippen LogP contribution in [0.3, 0.4) is 0 Å². The average Bonchev–Trinajstić information content (AvgIpc) is 2.32. The number of benzene rings is 1. The van der Waals surface area contributed by atoms with Crippen molar-refractivity contribution in [1.82, 2.24) is 4.98 Å². The topological polar surface area (TPSA) is 59.1 Å². The molecule has 0 aliphatic rings. The molecule has 3 heteroatoms. The zero-order valence-corrected chi connectivity index (χ0v) is 9.09. The van der Waals surface area contributed by atoms with Gasteiger partial charge in [-0.3, -0.25) is 0 Å². The van der Waals surface area contributed by atoms with Gasteiger partial charge >= 0.3 is 0 Å². The number of aliphatic hydroxyl groups is 1. The normalized spacial score (nSPS) is 12.4. The molecule has 1 unspecified atom stereocenters. The molecule has 0 aliphatic carbocycles. The van der Waals surface area contributed by atoms with Crippen molar-refractivity contribution >= 4 is 5.82 Å². The van der Waals surface area contributed by atoms with Gasteiger partial charge in [-0.05, 0) is 24.1 Å². The third-order valence-corrected chi connectivity index (χ3v) is 2.50. The van der Waals surface area contributed by atoms with Gasteiger partial charge in [0, 0.05) is 11.8 Å². The molecule has 1 heterocycles. The number of pyridine rings is 1. The van der Waals surface area contributed by atoms with E-state index >= 15 is 0 Å². The second kappa shape index (κ2) is 4.33. The highest BCUT2D eigenvalue weighted by molar-refractivity contribution is 5.45. The van der Waals surface area contributed by atoms with Crippen LogP contribution in [0.1, 0.15) is 22.8 Å². The van der Waals surface area contributed by atoms with Gasteiger partial charge in [-0.1, -0.05) is 30.3 Å². The van der Waals surface area contributed by atoms with E-state index in [0.29, 0.717) is 11.4 Å². The van der Waals surface area contributed by atoms with E-state index in [9.17, 15) is 5.11 Å². The summed E-state index contributed by atoms with van der Waals surface area (Å²) < 4.78 is 0. The second-order valence-corrected chi connectivity index (χ2v) is 3.80. The van der Waals surface area contributed by atoms with E-state index in [2.05, 4.69) is 4.98 Å². The lowest BCUT2D eigenvalue weighted by Gasteiger charge is -2.13. The second-order valence-electron chi connectivity index (χ2n) is 3.80. The lowest BCUT2D eigenvalue weighted by atomic mass is 10.0. The largest absolute Gasteiger partial charge is 0.384 e. The first-order valence-electron chi connectivity index (χ1n) is 5.13. The maximum absolute atomic E-state index is 10.2. The first-order valence-corrected chi connectivity index (χ1v) is 5.13. The summed E-state index contributed by atoms with van der Waals surface area (Å²) >= 11 is 0. The van der Waals surface area contributed by atoms with Gasteiger partial charge in [0.2, 0.25) is 0 Å². The van der Waals surface area contributed by atoms with Gasteiger partial charge in [0.25, 0.3) is 0 Å². The van der Waals surface area contributed by atoms with Crippen LogP contribution in [0.2, 0.25) is 0 Å². The van der Waals surface area contributed by atoms with Crippen molar-refractivity contribution < 1.29 is 5.11 Å². The van der Waals surface area contributed by atoms with E-state index in [1.165, 1.54) is 0 Å². The summed E-state index contributed by atoms with van der Waals surface area (Å²) in [7, 11) is 0. The van der Waals surface area contributed by atoms with Crippen LogP contribution < -0.4 is 5.73 Å². The van der Waals surface area contributed by atoms with Crippen molar-refractivity contribution in [3.63, 3.8) is 0 Å². The third-order valence-electron chi connectivity index (χ3n) is 2.50. The van der Waals surface area contributed by atoms with E-state index in [1.807, 2.05) is 43.3 Å². The standard InChI is InChI=1S/C13H14N2O/c1-9-7-11(13(14)15-8-9)12(16)10-5-3-2-4-6-10/h2-8,12,16H,1H3,(H2,14,15). The van der Waals surface area contributed by atoms with Crippen LogP contribution in [-0.2, 0) is 0 Å². The van der Waals surface area contributed by atoms with E-state index in [4.69, 9.17) is 5.73 Å². The summed E-state index contributed by atoms with van der Waals surface area (Å²) in [6.45, 7) is 1.92. The van der Waals surface area contributed by atoms with Crippen LogP contribution in [0.25, 0.3) is 0 Å². The molecule has 0 bridgehead atoms. The zero-order chi connectivity index (χ0) is 11.5. The molecule has 2 aromatic rings. The number of aryl methyl sites for hydroxylation is 1. The van der Waals surface area contributed by atoms with Gasteiger partial charge in [-0.15, -0.1) is 0 Å². The maximum Gasteiger partial charge on any atom is 0.129 e. The van der Waals surface area contributed by atoms with Crippen molar-refractivity contribution in [2.75, 3.05) is 5.73 Å². The molecule has 0 amide bonds. The number of aromatic nitrogens is 1. The number of hydrogen-bond acceptors (Lipinski definition) is 3. The molecule has 1 atom stereocenters. The van der Waals surface area contributed by atoms with Crippen molar-refractivity contribution in [2.24, 2.45) is 0 Å². The van der Waals surface area contributed by atoms with E-state index in [-0.39, 0.29) is 0 Å². The highest BCUT2D eigenvalue weighted by Gasteiger charge is 2.13. The van der Waals surface area contributed by atoms with Gasteiger partial charge in [-0.2, -0.15) is 0 Å². The fraction of sp³-hybridized carbons (Fsp3) is 0.154. The van der Waals surface area contributed by atoms with Crippen LogP contribution in [0.15, 0.2) is 42.6 Å². The Balaban J connectivity index is 2.41. The van der Waals surface area contributed by atoms with Crippen molar-refractivity contribution in [2.45, 2.75) is 13.0 Å². The molecule has 0 fully saturated rings. The number of rotatable bonds is 2. The average molecular weight is 214 g/mol.